The van der Waals surface area contributed by atoms with Gasteiger partial charge in [-0.15, -0.1) is 0 Å². The van der Waals surface area contributed by atoms with Gasteiger partial charge in [0.1, 0.15) is 6.61 Å². The Labute approximate surface area is 112 Å². The van der Waals surface area contributed by atoms with Gasteiger partial charge in [-0.3, -0.25) is 10.1 Å². The molecular formula is C14H19NO4. The summed E-state index contributed by atoms with van der Waals surface area (Å²) in [6.07, 6.45) is -0.284. The third kappa shape index (κ3) is 5.90. The van der Waals surface area contributed by atoms with Crippen LogP contribution in [0.25, 0.3) is 0 Å². The molecule has 0 aromatic heterocycles. The van der Waals surface area contributed by atoms with Crippen LogP contribution in [0.2, 0.25) is 0 Å². The third-order valence-corrected chi connectivity index (χ3v) is 2.23. The zero-order valence-electron chi connectivity index (χ0n) is 11.4. The van der Waals surface area contributed by atoms with Crippen LogP contribution in [0.3, 0.4) is 0 Å². The van der Waals surface area contributed by atoms with E-state index >= 15 is 0 Å². The van der Waals surface area contributed by atoms with Gasteiger partial charge in [0.05, 0.1) is 6.10 Å². The molecule has 1 N–H and O–H groups in total. The Morgan fingerprint density at radius 2 is 1.84 bits per heavy atom. The Morgan fingerprint density at radius 1 is 1.21 bits per heavy atom. The molecule has 19 heavy (non-hydrogen) atoms. The number of nitrogens with one attached hydrogen (secondary N) is 1. The van der Waals surface area contributed by atoms with E-state index in [1.165, 1.54) is 0 Å². The third-order valence-electron chi connectivity index (χ3n) is 2.23. The SMILES string of the molecule is CCC(=O)OCc1ccc(NC(=O)OC(C)C)cc1. The highest BCUT2D eigenvalue weighted by Gasteiger charge is 2.05. The summed E-state index contributed by atoms with van der Waals surface area (Å²) in [7, 11) is 0. The predicted molar refractivity (Wildman–Crippen MR) is 71.8 cm³/mol. The van der Waals surface area contributed by atoms with Crippen molar-refractivity contribution in [2.24, 2.45) is 0 Å². The lowest BCUT2D eigenvalue weighted by Crippen LogP contribution is -2.17. The van der Waals surface area contributed by atoms with Crippen molar-refractivity contribution in [3.05, 3.63) is 29.8 Å². The molecule has 1 rings (SSSR count). The summed E-state index contributed by atoms with van der Waals surface area (Å²) in [5.74, 6) is -0.234. The molecule has 0 aliphatic heterocycles. The number of rotatable bonds is 5. The fraction of sp³-hybridized carbons (Fsp3) is 0.429. The first-order chi connectivity index (χ1) is 9.01. The van der Waals surface area contributed by atoms with E-state index in [1.54, 1.807) is 45.0 Å². The maximum atomic E-state index is 11.4. The Kier molecular flexibility index (Phi) is 5.85. The summed E-state index contributed by atoms with van der Waals surface area (Å²) in [5, 5.41) is 2.61. The summed E-state index contributed by atoms with van der Waals surface area (Å²) in [5.41, 5.74) is 1.50. The second-order valence-electron chi connectivity index (χ2n) is 4.29. The zero-order chi connectivity index (χ0) is 14.3. The lowest BCUT2D eigenvalue weighted by molar-refractivity contribution is -0.144. The molecule has 0 bridgehead atoms. The molecule has 0 unspecified atom stereocenters. The Bertz CT molecular complexity index is 426. The maximum absolute atomic E-state index is 11.4. The second kappa shape index (κ2) is 7.41. The Hall–Kier alpha value is -2.04. The lowest BCUT2D eigenvalue weighted by atomic mass is 10.2. The first kappa shape index (κ1) is 15.0. The van der Waals surface area contributed by atoms with E-state index in [-0.39, 0.29) is 18.7 Å². The second-order valence-corrected chi connectivity index (χ2v) is 4.29. The quantitative estimate of drug-likeness (QED) is 0.831. The lowest BCUT2D eigenvalue weighted by Gasteiger charge is -2.10. The smallest absolute Gasteiger partial charge is 0.411 e. The molecule has 1 aromatic rings. The predicted octanol–water partition coefficient (Wildman–Crippen LogP) is 3.10. The highest BCUT2D eigenvalue weighted by molar-refractivity contribution is 5.84. The normalized spacial score (nSPS) is 10.1. The van der Waals surface area contributed by atoms with Crippen molar-refractivity contribution in [1.29, 1.82) is 0 Å². The first-order valence-corrected chi connectivity index (χ1v) is 6.23. The standard InChI is InChI=1S/C14H19NO4/c1-4-13(16)18-9-11-5-7-12(8-6-11)15-14(17)19-10(2)3/h5-8,10H,4,9H2,1-3H3,(H,15,17). The van der Waals surface area contributed by atoms with Crippen LogP contribution in [0.5, 0.6) is 0 Å². The van der Waals surface area contributed by atoms with Gasteiger partial charge in [-0.05, 0) is 31.5 Å². The number of carbonyl (C=O) groups is 2. The molecule has 1 aromatic carbocycles. The molecule has 0 atom stereocenters. The van der Waals surface area contributed by atoms with E-state index in [0.29, 0.717) is 12.1 Å². The Balaban J connectivity index is 2.47. The highest BCUT2D eigenvalue weighted by Crippen LogP contribution is 2.11. The number of hydrogen-bond acceptors (Lipinski definition) is 4. The van der Waals surface area contributed by atoms with Gasteiger partial charge in [0.25, 0.3) is 0 Å². The van der Waals surface area contributed by atoms with Gasteiger partial charge in [0.2, 0.25) is 0 Å². The van der Waals surface area contributed by atoms with Crippen LogP contribution in [0.15, 0.2) is 24.3 Å². The summed E-state index contributed by atoms with van der Waals surface area (Å²) < 4.78 is 9.96. The number of esters is 1. The molecule has 5 heteroatoms. The number of anilines is 1. The van der Waals surface area contributed by atoms with Gasteiger partial charge >= 0.3 is 12.1 Å². The molecule has 0 aliphatic rings. The minimum absolute atomic E-state index is 0.160. The number of benzene rings is 1. The van der Waals surface area contributed by atoms with Crippen LogP contribution >= 0.6 is 0 Å². The van der Waals surface area contributed by atoms with Crippen LogP contribution in [0.4, 0.5) is 10.5 Å². The van der Waals surface area contributed by atoms with E-state index < -0.39 is 6.09 Å². The molecule has 1 amide bonds. The number of carbonyl (C=O) groups excluding carboxylic acids is 2. The molecular weight excluding hydrogens is 246 g/mol. The minimum atomic E-state index is -0.486. The summed E-state index contributed by atoms with van der Waals surface area (Å²) in [6.45, 7) is 5.55. The van der Waals surface area contributed by atoms with Crippen molar-refractivity contribution in [3.63, 3.8) is 0 Å². The summed E-state index contributed by atoms with van der Waals surface area (Å²) in [6, 6.07) is 7.04. The van der Waals surface area contributed by atoms with Crippen LogP contribution in [-0.4, -0.2) is 18.2 Å². The van der Waals surface area contributed by atoms with Crippen molar-refractivity contribution in [2.75, 3.05) is 5.32 Å². The Morgan fingerprint density at radius 3 is 2.37 bits per heavy atom. The molecule has 0 radical (unpaired) electrons. The fourth-order valence-corrected chi connectivity index (χ4v) is 1.31. The monoisotopic (exact) mass is 265 g/mol. The first-order valence-electron chi connectivity index (χ1n) is 6.23. The largest absolute Gasteiger partial charge is 0.461 e. The molecule has 5 nitrogen and oxygen atoms in total. The van der Waals surface area contributed by atoms with E-state index in [1.807, 2.05) is 0 Å². The summed E-state index contributed by atoms with van der Waals surface area (Å²) >= 11 is 0. The molecule has 0 spiro atoms. The van der Waals surface area contributed by atoms with Gasteiger partial charge < -0.3 is 9.47 Å². The van der Waals surface area contributed by atoms with Crippen molar-refractivity contribution >= 4 is 17.7 Å². The van der Waals surface area contributed by atoms with Gasteiger partial charge in [-0.1, -0.05) is 19.1 Å². The number of amides is 1. The molecule has 0 aliphatic carbocycles. The average molecular weight is 265 g/mol. The van der Waals surface area contributed by atoms with E-state index in [9.17, 15) is 9.59 Å². The van der Waals surface area contributed by atoms with Gasteiger partial charge in [-0.25, -0.2) is 4.79 Å². The van der Waals surface area contributed by atoms with Gasteiger partial charge in [0.15, 0.2) is 0 Å². The van der Waals surface area contributed by atoms with Crippen LogP contribution in [0.1, 0.15) is 32.8 Å². The van der Waals surface area contributed by atoms with E-state index in [2.05, 4.69) is 5.32 Å². The van der Waals surface area contributed by atoms with Crippen molar-refractivity contribution in [3.8, 4) is 0 Å². The van der Waals surface area contributed by atoms with Crippen molar-refractivity contribution in [1.82, 2.24) is 0 Å². The van der Waals surface area contributed by atoms with Crippen LogP contribution < -0.4 is 5.32 Å². The van der Waals surface area contributed by atoms with Crippen molar-refractivity contribution < 1.29 is 19.1 Å². The average Bonchev–Trinajstić information content (AvgIpc) is 2.36. The van der Waals surface area contributed by atoms with Crippen LogP contribution in [-0.2, 0) is 20.9 Å². The maximum Gasteiger partial charge on any atom is 0.411 e. The zero-order valence-corrected chi connectivity index (χ0v) is 11.4. The fourth-order valence-electron chi connectivity index (χ4n) is 1.31. The molecule has 0 saturated heterocycles. The minimum Gasteiger partial charge on any atom is -0.461 e. The molecule has 0 saturated carbocycles. The number of hydrogen-bond donors (Lipinski definition) is 1. The number of ether oxygens (including phenoxy) is 2. The van der Waals surface area contributed by atoms with Crippen LogP contribution in [0, 0.1) is 0 Å². The summed E-state index contributed by atoms with van der Waals surface area (Å²) in [4.78, 5) is 22.4. The topological polar surface area (TPSA) is 64.6 Å². The molecule has 0 heterocycles. The molecule has 0 fully saturated rings. The van der Waals surface area contributed by atoms with E-state index in [0.717, 1.165) is 5.56 Å². The molecule has 104 valence electrons. The van der Waals surface area contributed by atoms with Gasteiger partial charge in [-0.2, -0.15) is 0 Å². The van der Waals surface area contributed by atoms with Gasteiger partial charge in [0, 0.05) is 12.1 Å². The van der Waals surface area contributed by atoms with Crippen molar-refractivity contribution in [2.45, 2.75) is 39.9 Å². The van der Waals surface area contributed by atoms with E-state index in [4.69, 9.17) is 9.47 Å². The highest BCUT2D eigenvalue weighted by atomic mass is 16.6.